The summed E-state index contributed by atoms with van der Waals surface area (Å²) in [7, 11) is 0. The lowest BCUT2D eigenvalue weighted by Gasteiger charge is -2.31. The van der Waals surface area contributed by atoms with Crippen LogP contribution < -0.4 is 10.6 Å². The van der Waals surface area contributed by atoms with Gasteiger partial charge in [-0.25, -0.2) is 0 Å². The van der Waals surface area contributed by atoms with Crippen LogP contribution in [0.5, 0.6) is 0 Å². The Kier molecular flexibility index (Phi) is 5.43. The van der Waals surface area contributed by atoms with E-state index in [-0.39, 0.29) is 29.6 Å². The number of benzene rings is 1. The van der Waals surface area contributed by atoms with Crippen LogP contribution in [0, 0.1) is 11.8 Å². The van der Waals surface area contributed by atoms with E-state index in [0.29, 0.717) is 23.0 Å². The lowest BCUT2D eigenvalue weighted by atomic mass is 9.97. The van der Waals surface area contributed by atoms with Crippen molar-refractivity contribution < 1.29 is 14.4 Å². The van der Waals surface area contributed by atoms with Crippen molar-refractivity contribution in [3.8, 4) is 0 Å². The first-order chi connectivity index (χ1) is 13.6. The number of likely N-dealkylation sites (tertiary alicyclic amines) is 1. The highest BCUT2D eigenvalue weighted by Crippen LogP contribution is 2.32. The molecule has 4 rings (SSSR count). The summed E-state index contributed by atoms with van der Waals surface area (Å²) in [6, 6.07) is 12.9. The average molecular weight is 398 g/mol. The van der Waals surface area contributed by atoms with Crippen LogP contribution >= 0.6 is 11.3 Å². The maximum Gasteiger partial charge on any atom is 0.264 e. The summed E-state index contributed by atoms with van der Waals surface area (Å²) in [5.74, 6) is -0.169. The molecular formula is C21H23N3O3S. The molecule has 1 saturated carbocycles. The zero-order valence-electron chi connectivity index (χ0n) is 15.5. The maximum absolute atomic E-state index is 12.9. The Balaban J connectivity index is 1.36. The van der Waals surface area contributed by atoms with E-state index in [2.05, 4.69) is 10.6 Å². The Bertz CT molecular complexity index is 876. The van der Waals surface area contributed by atoms with Gasteiger partial charge in [-0.1, -0.05) is 18.2 Å². The van der Waals surface area contributed by atoms with Crippen molar-refractivity contribution in [1.29, 1.82) is 0 Å². The monoisotopic (exact) mass is 397 g/mol. The average Bonchev–Trinajstić information content (AvgIpc) is 3.48. The summed E-state index contributed by atoms with van der Waals surface area (Å²) in [5.41, 5.74) is 0.769. The van der Waals surface area contributed by atoms with E-state index in [0.717, 1.165) is 31.4 Å². The van der Waals surface area contributed by atoms with Crippen LogP contribution in [0.4, 0.5) is 10.7 Å². The van der Waals surface area contributed by atoms with Gasteiger partial charge in [-0.05, 0) is 49.9 Å². The van der Waals surface area contributed by atoms with Gasteiger partial charge in [0.15, 0.2) is 0 Å². The van der Waals surface area contributed by atoms with Gasteiger partial charge in [-0.15, -0.1) is 11.3 Å². The van der Waals surface area contributed by atoms with E-state index in [4.69, 9.17) is 0 Å². The van der Waals surface area contributed by atoms with Crippen LogP contribution in [0.15, 0.2) is 42.5 Å². The lowest BCUT2D eigenvalue weighted by molar-refractivity contribution is -0.121. The number of rotatable bonds is 5. The van der Waals surface area contributed by atoms with Crippen molar-refractivity contribution in [2.24, 2.45) is 11.8 Å². The predicted octanol–water partition coefficient (Wildman–Crippen LogP) is 3.59. The van der Waals surface area contributed by atoms with Gasteiger partial charge in [0.25, 0.3) is 5.91 Å². The number of piperidine rings is 1. The van der Waals surface area contributed by atoms with Crippen molar-refractivity contribution in [2.75, 3.05) is 23.7 Å². The van der Waals surface area contributed by atoms with E-state index in [1.54, 1.807) is 17.0 Å². The molecule has 7 heteroatoms. The van der Waals surface area contributed by atoms with Crippen LogP contribution in [-0.4, -0.2) is 35.7 Å². The van der Waals surface area contributed by atoms with Gasteiger partial charge in [-0.2, -0.15) is 0 Å². The first-order valence-corrected chi connectivity index (χ1v) is 10.5. The molecule has 2 fully saturated rings. The number of carbonyl (C=O) groups is 3. The number of anilines is 2. The standard InChI is InChI=1S/C21H23N3O3S/c25-19(14-8-9-14)23-18-11-10-17(28-18)21(27)24-12-4-5-15(13-24)20(26)22-16-6-2-1-3-7-16/h1-3,6-7,10-11,14-15H,4-5,8-9,12-13H2,(H,22,26)(H,23,25). The molecule has 1 atom stereocenters. The Morgan fingerprint density at radius 1 is 0.893 bits per heavy atom. The summed E-state index contributed by atoms with van der Waals surface area (Å²) in [5, 5.41) is 6.52. The van der Waals surface area contributed by atoms with Crippen molar-refractivity contribution in [1.82, 2.24) is 4.90 Å². The quantitative estimate of drug-likeness (QED) is 0.809. The summed E-state index contributed by atoms with van der Waals surface area (Å²) in [6.07, 6.45) is 3.47. The third-order valence-electron chi connectivity index (χ3n) is 5.13. The zero-order chi connectivity index (χ0) is 19.5. The molecule has 2 heterocycles. The minimum absolute atomic E-state index is 0.0384. The number of thiophene rings is 1. The van der Waals surface area contributed by atoms with Crippen molar-refractivity contribution in [3.05, 3.63) is 47.3 Å². The Hall–Kier alpha value is -2.67. The molecule has 0 bridgehead atoms. The van der Waals surface area contributed by atoms with Crippen LogP contribution in [0.25, 0.3) is 0 Å². The van der Waals surface area contributed by atoms with Gasteiger partial charge < -0.3 is 15.5 Å². The Labute approximate surface area is 167 Å². The number of hydrogen-bond donors (Lipinski definition) is 2. The van der Waals surface area contributed by atoms with E-state index < -0.39 is 0 Å². The van der Waals surface area contributed by atoms with Crippen LogP contribution in [0.2, 0.25) is 0 Å². The number of carbonyl (C=O) groups excluding carboxylic acids is 3. The number of para-hydroxylation sites is 1. The number of nitrogens with zero attached hydrogens (tertiary/aromatic N) is 1. The molecule has 1 aromatic carbocycles. The third-order valence-corrected chi connectivity index (χ3v) is 6.12. The fourth-order valence-corrected chi connectivity index (χ4v) is 4.26. The second kappa shape index (κ2) is 8.14. The highest BCUT2D eigenvalue weighted by atomic mass is 32.1. The smallest absolute Gasteiger partial charge is 0.264 e. The maximum atomic E-state index is 12.9. The summed E-state index contributed by atoms with van der Waals surface area (Å²) in [6.45, 7) is 1.06. The number of nitrogens with one attached hydrogen (secondary N) is 2. The van der Waals surface area contributed by atoms with E-state index in [9.17, 15) is 14.4 Å². The molecule has 2 aliphatic rings. The molecule has 1 aliphatic carbocycles. The third kappa shape index (κ3) is 4.42. The van der Waals surface area contributed by atoms with Crippen molar-refractivity contribution in [3.63, 3.8) is 0 Å². The molecular weight excluding hydrogens is 374 g/mol. The highest BCUT2D eigenvalue weighted by Gasteiger charge is 2.31. The predicted molar refractivity (Wildman–Crippen MR) is 109 cm³/mol. The van der Waals surface area contributed by atoms with Gasteiger partial charge in [0, 0.05) is 24.7 Å². The number of amides is 3. The molecule has 0 radical (unpaired) electrons. The molecule has 28 heavy (non-hydrogen) atoms. The van der Waals surface area contributed by atoms with E-state index in [1.807, 2.05) is 30.3 Å². The Morgan fingerprint density at radius 2 is 1.64 bits per heavy atom. The molecule has 2 aromatic rings. The highest BCUT2D eigenvalue weighted by molar-refractivity contribution is 7.18. The second-order valence-electron chi connectivity index (χ2n) is 7.37. The SMILES string of the molecule is O=C(Nc1ccccc1)C1CCCN(C(=O)c2ccc(NC(=O)C3CC3)s2)C1. The minimum Gasteiger partial charge on any atom is -0.337 e. The Morgan fingerprint density at radius 3 is 2.39 bits per heavy atom. The summed E-state index contributed by atoms with van der Waals surface area (Å²) < 4.78 is 0. The topological polar surface area (TPSA) is 78.5 Å². The molecule has 3 amide bonds. The summed E-state index contributed by atoms with van der Waals surface area (Å²) >= 11 is 1.30. The first kappa shape index (κ1) is 18.7. The first-order valence-electron chi connectivity index (χ1n) is 9.66. The molecule has 1 aliphatic heterocycles. The normalized spacial score (nSPS) is 19.1. The van der Waals surface area contributed by atoms with Gasteiger partial charge in [0.1, 0.15) is 0 Å². The van der Waals surface area contributed by atoms with Gasteiger partial charge in [0.2, 0.25) is 11.8 Å². The van der Waals surface area contributed by atoms with Crippen LogP contribution in [-0.2, 0) is 9.59 Å². The van der Waals surface area contributed by atoms with Crippen molar-refractivity contribution in [2.45, 2.75) is 25.7 Å². The fourth-order valence-electron chi connectivity index (χ4n) is 3.39. The van der Waals surface area contributed by atoms with E-state index in [1.165, 1.54) is 11.3 Å². The van der Waals surface area contributed by atoms with Crippen LogP contribution in [0.1, 0.15) is 35.4 Å². The molecule has 6 nitrogen and oxygen atoms in total. The molecule has 146 valence electrons. The molecule has 1 aromatic heterocycles. The van der Waals surface area contributed by atoms with Crippen LogP contribution in [0.3, 0.4) is 0 Å². The minimum atomic E-state index is -0.216. The molecule has 1 unspecified atom stereocenters. The summed E-state index contributed by atoms with van der Waals surface area (Å²) in [4.78, 5) is 39.7. The molecule has 1 saturated heterocycles. The van der Waals surface area contributed by atoms with Gasteiger partial charge >= 0.3 is 0 Å². The van der Waals surface area contributed by atoms with Gasteiger partial charge in [-0.3, -0.25) is 14.4 Å². The zero-order valence-corrected chi connectivity index (χ0v) is 16.3. The van der Waals surface area contributed by atoms with Crippen molar-refractivity contribution >= 4 is 39.7 Å². The molecule has 0 spiro atoms. The number of hydrogen-bond acceptors (Lipinski definition) is 4. The second-order valence-corrected chi connectivity index (χ2v) is 8.46. The fraction of sp³-hybridized carbons (Fsp3) is 0.381. The van der Waals surface area contributed by atoms with Gasteiger partial charge in [0.05, 0.1) is 15.8 Å². The molecule has 2 N–H and O–H groups in total. The van der Waals surface area contributed by atoms with E-state index >= 15 is 0 Å². The largest absolute Gasteiger partial charge is 0.337 e. The lowest BCUT2D eigenvalue weighted by Crippen LogP contribution is -2.43.